The van der Waals surface area contributed by atoms with Crippen LogP contribution in [-0.4, -0.2) is 57.3 Å². The molecule has 1 atom stereocenters. The van der Waals surface area contributed by atoms with Gasteiger partial charge in [-0.2, -0.15) is 0 Å². The third kappa shape index (κ3) is 4.87. The Bertz CT molecular complexity index is 655. The molecule has 4 nitrogen and oxygen atoms in total. The van der Waals surface area contributed by atoms with Gasteiger partial charge in [0.05, 0.1) is 0 Å². The van der Waals surface area contributed by atoms with Gasteiger partial charge in [0.25, 0.3) is 5.91 Å². The van der Waals surface area contributed by atoms with Crippen molar-refractivity contribution < 1.29 is 9.59 Å². The van der Waals surface area contributed by atoms with Crippen molar-refractivity contribution in [3.05, 3.63) is 34.9 Å². The number of rotatable bonds is 8. The molecule has 1 fully saturated rings. The monoisotopic (exact) mass is 410 g/mol. The summed E-state index contributed by atoms with van der Waals surface area (Å²) in [6.45, 7) is 12.0. The predicted molar refractivity (Wildman–Crippen MR) is 115 cm³/mol. The minimum atomic E-state index is -0.647. The maximum Gasteiger partial charge on any atom is 0.253 e. The Morgan fingerprint density at radius 1 is 1.19 bits per heavy atom. The number of carbonyl (C=O) groups is 2. The normalized spacial score (nSPS) is 20.4. The van der Waals surface area contributed by atoms with E-state index in [1.54, 1.807) is 36.0 Å². The average Bonchev–Trinajstić information content (AvgIpc) is 3.03. The van der Waals surface area contributed by atoms with Crippen LogP contribution < -0.4 is 0 Å². The van der Waals surface area contributed by atoms with Crippen LogP contribution in [0, 0.1) is 0 Å². The summed E-state index contributed by atoms with van der Waals surface area (Å²) in [5, 5.41) is 0.617. The Morgan fingerprint density at radius 3 is 2.30 bits per heavy atom. The highest BCUT2D eigenvalue weighted by molar-refractivity contribution is 8.01. The van der Waals surface area contributed by atoms with Crippen LogP contribution in [0.25, 0.3) is 0 Å². The first-order valence-electron chi connectivity index (χ1n) is 9.73. The molecule has 0 spiro atoms. The van der Waals surface area contributed by atoms with E-state index in [1.807, 2.05) is 4.90 Å². The lowest BCUT2D eigenvalue weighted by molar-refractivity contribution is -0.142. The average molecular weight is 411 g/mol. The Kier molecular flexibility index (Phi) is 7.78. The molecule has 27 heavy (non-hydrogen) atoms. The first-order chi connectivity index (χ1) is 12.7. The van der Waals surface area contributed by atoms with Crippen molar-refractivity contribution in [2.45, 2.75) is 64.4 Å². The van der Waals surface area contributed by atoms with E-state index in [0.29, 0.717) is 23.4 Å². The van der Waals surface area contributed by atoms with Crippen molar-refractivity contribution in [3.8, 4) is 0 Å². The van der Waals surface area contributed by atoms with Crippen LogP contribution in [0.4, 0.5) is 0 Å². The predicted octanol–water partition coefficient (Wildman–Crippen LogP) is 4.71. The van der Waals surface area contributed by atoms with Crippen LogP contribution in [0.5, 0.6) is 0 Å². The summed E-state index contributed by atoms with van der Waals surface area (Å²) in [5.41, 5.74) is 0.651. The molecule has 1 aromatic rings. The molecule has 2 rings (SSSR count). The molecule has 150 valence electrons. The molecule has 0 N–H and O–H groups in total. The number of thioether (sulfide) groups is 1. The third-order valence-corrected chi connectivity index (χ3v) is 6.89. The van der Waals surface area contributed by atoms with Gasteiger partial charge in [0.15, 0.2) is 5.78 Å². The minimum absolute atomic E-state index is 0.0584. The first-order valence-corrected chi connectivity index (χ1v) is 11.1. The van der Waals surface area contributed by atoms with Gasteiger partial charge in [-0.15, -0.1) is 11.8 Å². The molecule has 0 radical (unpaired) electrons. The van der Waals surface area contributed by atoms with E-state index in [2.05, 4.69) is 39.5 Å². The van der Waals surface area contributed by atoms with E-state index in [9.17, 15) is 9.59 Å². The maximum absolute atomic E-state index is 13.6. The second kappa shape index (κ2) is 9.44. The van der Waals surface area contributed by atoms with Crippen molar-refractivity contribution in [2.24, 2.45) is 0 Å². The largest absolute Gasteiger partial charge is 0.335 e. The molecular weight excluding hydrogens is 380 g/mol. The van der Waals surface area contributed by atoms with Gasteiger partial charge in [0.2, 0.25) is 0 Å². The summed E-state index contributed by atoms with van der Waals surface area (Å²) >= 11 is 7.62. The van der Waals surface area contributed by atoms with Gasteiger partial charge in [-0.3, -0.25) is 14.5 Å². The summed E-state index contributed by atoms with van der Waals surface area (Å²) in [7, 11) is 0. The lowest BCUT2D eigenvalue weighted by Crippen LogP contribution is -2.58. The fraction of sp³-hybridized carbons (Fsp3) is 0.619. The lowest BCUT2D eigenvalue weighted by Gasteiger charge is -2.42. The van der Waals surface area contributed by atoms with Gasteiger partial charge in [0.1, 0.15) is 4.87 Å². The molecular formula is C21H31ClN2O2S. The number of carbonyl (C=O) groups excluding carboxylic acids is 2. The zero-order chi connectivity index (χ0) is 20.2. The molecule has 0 bridgehead atoms. The van der Waals surface area contributed by atoms with E-state index in [0.717, 1.165) is 18.8 Å². The lowest BCUT2D eigenvalue weighted by atomic mass is 9.99. The highest BCUT2D eigenvalue weighted by Crippen LogP contribution is 2.42. The van der Waals surface area contributed by atoms with Gasteiger partial charge in [-0.1, -0.05) is 18.5 Å². The molecule has 6 heteroatoms. The number of ketones is 1. The number of Topliss-reactive ketones (excluding diaryl/α,β-unsaturated/α-hetero) is 1. The Labute approximate surface area is 172 Å². The number of amides is 1. The van der Waals surface area contributed by atoms with Crippen LogP contribution in [0.2, 0.25) is 5.02 Å². The van der Waals surface area contributed by atoms with Gasteiger partial charge in [-0.25, -0.2) is 0 Å². The Morgan fingerprint density at radius 2 is 1.78 bits per heavy atom. The van der Waals surface area contributed by atoms with Crippen LogP contribution in [0.1, 0.15) is 57.8 Å². The SMILES string of the molecule is CCN1CCSC1(CCC(=O)c1ccc(Cl)cc1)C(=O)N(C(C)C)C(C)C. The second-order valence-corrected chi connectivity index (χ2v) is 9.35. The van der Waals surface area contributed by atoms with E-state index >= 15 is 0 Å². The molecule has 0 saturated carbocycles. The minimum Gasteiger partial charge on any atom is -0.335 e. The van der Waals surface area contributed by atoms with Crippen molar-refractivity contribution in [3.63, 3.8) is 0 Å². The second-order valence-electron chi connectivity index (χ2n) is 7.54. The molecule has 1 aromatic carbocycles. The van der Waals surface area contributed by atoms with E-state index in [1.165, 1.54) is 0 Å². The van der Waals surface area contributed by atoms with Crippen LogP contribution in [-0.2, 0) is 4.79 Å². The summed E-state index contributed by atoms with van der Waals surface area (Å²) in [4.78, 5) is 29.9. The highest BCUT2D eigenvalue weighted by atomic mass is 35.5. The molecule has 0 aromatic heterocycles. The fourth-order valence-electron chi connectivity index (χ4n) is 3.87. The van der Waals surface area contributed by atoms with E-state index in [-0.39, 0.29) is 23.8 Å². The maximum atomic E-state index is 13.6. The third-order valence-electron chi connectivity index (χ3n) is 5.13. The summed E-state index contributed by atoms with van der Waals surface area (Å²) < 4.78 is 0. The zero-order valence-corrected chi connectivity index (χ0v) is 18.6. The number of likely N-dealkylation sites (N-methyl/N-ethyl adjacent to an activating group) is 1. The first kappa shape index (κ1) is 22.3. The van der Waals surface area contributed by atoms with Gasteiger partial charge in [-0.05, 0) is 64.9 Å². The molecule has 1 aliphatic heterocycles. The van der Waals surface area contributed by atoms with Crippen LogP contribution in [0.3, 0.4) is 0 Å². The molecule has 1 unspecified atom stereocenters. The quantitative estimate of drug-likeness (QED) is 0.581. The molecule has 1 heterocycles. The summed E-state index contributed by atoms with van der Waals surface area (Å²) in [6.07, 6.45) is 0.878. The van der Waals surface area contributed by atoms with Crippen LogP contribution >= 0.6 is 23.4 Å². The number of hydrogen-bond donors (Lipinski definition) is 0. The molecule has 1 amide bonds. The van der Waals surface area contributed by atoms with Crippen molar-refractivity contribution in [1.82, 2.24) is 9.80 Å². The molecule has 1 saturated heterocycles. The molecule has 1 aliphatic rings. The van der Waals surface area contributed by atoms with E-state index < -0.39 is 4.87 Å². The highest BCUT2D eigenvalue weighted by Gasteiger charge is 2.50. The number of hydrogen-bond acceptors (Lipinski definition) is 4. The fourth-order valence-corrected chi connectivity index (χ4v) is 5.53. The standard InChI is InChI=1S/C21H31ClN2O2S/c1-6-23-13-14-27-21(23,20(26)24(15(2)3)16(4)5)12-11-19(25)17-7-9-18(22)10-8-17/h7-10,15-16H,6,11-14H2,1-5H3. The molecule has 0 aliphatic carbocycles. The van der Waals surface area contributed by atoms with Gasteiger partial charge < -0.3 is 4.90 Å². The topological polar surface area (TPSA) is 40.6 Å². The number of halogens is 1. The van der Waals surface area contributed by atoms with Crippen molar-refractivity contribution >= 4 is 35.1 Å². The van der Waals surface area contributed by atoms with Crippen molar-refractivity contribution in [2.75, 3.05) is 18.8 Å². The number of nitrogens with zero attached hydrogens (tertiary/aromatic N) is 2. The Hall–Kier alpha value is -1.04. The van der Waals surface area contributed by atoms with Crippen LogP contribution in [0.15, 0.2) is 24.3 Å². The Balaban J connectivity index is 2.25. The van der Waals surface area contributed by atoms with E-state index in [4.69, 9.17) is 11.6 Å². The van der Waals surface area contributed by atoms with Gasteiger partial charge in [0, 0.05) is 41.4 Å². The van der Waals surface area contributed by atoms with Crippen molar-refractivity contribution in [1.29, 1.82) is 0 Å². The number of benzene rings is 1. The zero-order valence-electron chi connectivity index (χ0n) is 17.0. The van der Waals surface area contributed by atoms with Gasteiger partial charge >= 0.3 is 0 Å². The smallest absolute Gasteiger partial charge is 0.253 e. The summed E-state index contributed by atoms with van der Waals surface area (Å²) in [6, 6.07) is 7.23. The summed E-state index contributed by atoms with van der Waals surface area (Å²) in [5.74, 6) is 1.11.